The van der Waals surface area contributed by atoms with Crippen LogP contribution in [0.4, 0.5) is 5.82 Å². The number of nitrogens with two attached hydrogens (primary N) is 1. The SMILES string of the molecule is Nc1nccc2cc(-c3cccc4ccsc34)oc12. The van der Waals surface area contributed by atoms with E-state index in [0.29, 0.717) is 11.4 Å². The van der Waals surface area contributed by atoms with E-state index in [9.17, 15) is 0 Å². The minimum absolute atomic E-state index is 0.433. The highest BCUT2D eigenvalue weighted by molar-refractivity contribution is 7.17. The van der Waals surface area contributed by atoms with E-state index >= 15 is 0 Å². The summed E-state index contributed by atoms with van der Waals surface area (Å²) < 4.78 is 7.11. The van der Waals surface area contributed by atoms with E-state index < -0.39 is 0 Å². The van der Waals surface area contributed by atoms with Crippen LogP contribution in [0.25, 0.3) is 32.4 Å². The van der Waals surface area contributed by atoms with Gasteiger partial charge in [0.25, 0.3) is 0 Å². The van der Waals surface area contributed by atoms with Gasteiger partial charge < -0.3 is 10.2 Å². The number of rotatable bonds is 1. The molecule has 4 heteroatoms. The van der Waals surface area contributed by atoms with E-state index in [1.807, 2.05) is 18.2 Å². The summed E-state index contributed by atoms with van der Waals surface area (Å²) in [5.41, 5.74) is 7.60. The lowest BCUT2D eigenvalue weighted by Gasteiger charge is -1.98. The van der Waals surface area contributed by atoms with Crippen LogP contribution in [0.5, 0.6) is 0 Å². The van der Waals surface area contributed by atoms with Gasteiger partial charge in [-0.2, -0.15) is 0 Å². The molecular formula is C15H10N2OS. The van der Waals surface area contributed by atoms with Gasteiger partial charge in [-0.25, -0.2) is 4.98 Å². The number of thiophene rings is 1. The second-order valence-electron chi connectivity index (χ2n) is 4.37. The Morgan fingerprint density at radius 2 is 2.05 bits per heavy atom. The van der Waals surface area contributed by atoms with Crippen LogP contribution in [0.2, 0.25) is 0 Å². The average molecular weight is 266 g/mol. The van der Waals surface area contributed by atoms with Crippen LogP contribution in [0, 0.1) is 0 Å². The first kappa shape index (κ1) is 10.6. The Balaban J connectivity index is 2.04. The fraction of sp³-hybridized carbons (Fsp3) is 0. The highest BCUT2D eigenvalue weighted by Crippen LogP contribution is 2.36. The maximum atomic E-state index is 5.88. The summed E-state index contributed by atoms with van der Waals surface area (Å²) in [6, 6.07) is 12.3. The fourth-order valence-electron chi connectivity index (χ4n) is 2.31. The monoisotopic (exact) mass is 266 g/mol. The summed E-state index contributed by atoms with van der Waals surface area (Å²) in [7, 11) is 0. The van der Waals surface area contributed by atoms with Crippen LogP contribution >= 0.6 is 11.3 Å². The maximum absolute atomic E-state index is 5.88. The van der Waals surface area contributed by atoms with Crippen molar-refractivity contribution in [1.82, 2.24) is 4.98 Å². The Labute approximate surface area is 113 Å². The van der Waals surface area contributed by atoms with E-state index in [2.05, 4.69) is 28.6 Å². The Morgan fingerprint density at radius 1 is 1.11 bits per heavy atom. The Morgan fingerprint density at radius 3 is 2.95 bits per heavy atom. The van der Waals surface area contributed by atoms with Gasteiger partial charge in [0.2, 0.25) is 0 Å². The van der Waals surface area contributed by atoms with Gasteiger partial charge in [-0.1, -0.05) is 12.1 Å². The van der Waals surface area contributed by atoms with Crippen molar-refractivity contribution in [3.05, 3.63) is 48.0 Å². The molecule has 0 fully saturated rings. The number of pyridine rings is 1. The van der Waals surface area contributed by atoms with Crippen molar-refractivity contribution in [2.75, 3.05) is 5.73 Å². The minimum Gasteiger partial charge on any atom is -0.452 e. The van der Waals surface area contributed by atoms with Gasteiger partial charge >= 0.3 is 0 Å². The smallest absolute Gasteiger partial charge is 0.176 e. The van der Waals surface area contributed by atoms with Gasteiger partial charge in [0, 0.05) is 21.8 Å². The first-order valence-electron chi connectivity index (χ1n) is 5.93. The second kappa shape index (κ2) is 3.83. The molecule has 0 bridgehead atoms. The third-order valence-electron chi connectivity index (χ3n) is 3.21. The molecule has 0 saturated heterocycles. The molecule has 0 saturated carbocycles. The number of nitrogen functional groups attached to an aromatic ring is 1. The number of aromatic nitrogens is 1. The summed E-state index contributed by atoms with van der Waals surface area (Å²) >= 11 is 1.72. The molecule has 4 rings (SSSR count). The molecular weight excluding hydrogens is 256 g/mol. The highest BCUT2D eigenvalue weighted by atomic mass is 32.1. The van der Waals surface area contributed by atoms with E-state index in [-0.39, 0.29) is 0 Å². The molecule has 0 atom stereocenters. The van der Waals surface area contributed by atoms with Crippen LogP contribution in [0.3, 0.4) is 0 Å². The lowest BCUT2D eigenvalue weighted by molar-refractivity contribution is 0.632. The maximum Gasteiger partial charge on any atom is 0.176 e. The third-order valence-corrected chi connectivity index (χ3v) is 4.17. The van der Waals surface area contributed by atoms with Crippen LogP contribution in [0.1, 0.15) is 0 Å². The summed E-state index contributed by atoms with van der Waals surface area (Å²) in [6.45, 7) is 0. The third kappa shape index (κ3) is 1.54. The zero-order chi connectivity index (χ0) is 12.8. The molecule has 3 aromatic heterocycles. The lowest BCUT2D eigenvalue weighted by Crippen LogP contribution is -1.87. The minimum atomic E-state index is 0.433. The van der Waals surface area contributed by atoms with Crippen molar-refractivity contribution in [3.63, 3.8) is 0 Å². The number of furan rings is 1. The molecule has 2 N–H and O–H groups in total. The van der Waals surface area contributed by atoms with E-state index in [1.54, 1.807) is 17.5 Å². The number of fused-ring (bicyclic) bond motifs is 2. The molecule has 1 aromatic carbocycles. The molecule has 19 heavy (non-hydrogen) atoms. The molecule has 0 aliphatic rings. The Bertz CT molecular complexity index is 891. The average Bonchev–Trinajstić information content (AvgIpc) is 3.05. The number of hydrogen-bond donors (Lipinski definition) is 1. The molecule has 4 aromatic rings. The van der Waals surface area contributed by atoms with Gasteiger partial charge in [-0.15, -0.1) is 11.3 Å². The standard InChI is InChI=1S/C15H10N2OS/c16-15-13-10(4-6-17-15)8-12(18-13)11-3-1-2-9-5-7-19-14(9)11/h1-8H,(H2,16,17). The molecule has 3 nitrogen and oxygen atoms in total. The zero-order valence-corrected chi connectivity index (χ0v) is 10.8. The van der Waals surface area contributed by atoms with Crippen molar-refractivity contribution in [1.29, 1.82) is 0 Å². The molecule has 0 radical (unpaired) electrons. The van der Waals surface area contributed by atoms with Gasteiger partial charge in [-0.3, -0.25) is 0 Å². The molecule has 92 valence electrons. The largest absolute Gasteiger partial charge is 0.452 e. The van der Waals surface area contributed by atoms with E-state index in [1.165, 1.54) is 10.1 Å². The first-order valence-corrected chi connectivity index (χ1v) is 6.81. The zero-order valence-electron chi connectivity index (χ0n) is 9.96. The van der Waals surface area contributed by atoms with E-state index in [4.69, 9.17) is 10.2 Å². The van der Waals surface area contributed by atoms with Crippen LogP contribution in [0.15, 0.2) is 52.4 Å². The molecule has 0 aliphatic heterocycles. The summed E-state index contributed by atoms with van der Waals surface area (Å²) in [5, 5.41) is 4.30. The lowest BCUT2D eigenvalue weighted by atomic mass is 10.1. The molecule has 0 unspecified atom stereocenters. The van der Waals surface area contributed by atoms with Crippen LogP contribution in [-0.2, 0) is 0 Å². The molecule has 0 amide bonds. The Hall–Kier alpha value is -2.33. The van der Waals surface area contributed by atoms with Crippen molar-refractivity contribution >= 4 is 38.2 Å². The molecule has 0 spiro atoms. The van der Waals surface area contributed by atoms with E-state index in [0.717, 1.165) is 16.7 Å². The summed E-state index contributed by atoms with van der Waals surface area (Å²) in [5.74, 6) is 1.27. The topological polar surface area (TPSA) is 52.0 Å². The van der Waals surface area contributed by atoms with Crippen molar-refractivity contribution in [3.8, 4) is 11.3 Å². The highest BCUT2D eigenvalue weighted by Gasteiger charge is 2.12. The summed E-state index contributed by atoms with van der Waals surface area (Å²) in [6.07, 6.45) is 1.70. The van der Waals surface area contributed by atoms with Crippen molar-refractivity contribution < 1.29 is 4.42 Å². The van der Waals surface area contributed by atoms with Crippen LogP contribution < -0.4 is 5.73 Å². The van der Waals surface area contributed by atoms with Gasteiger partial charge in [0.1, 0.15) is 5.76 Å². The van der Waals surface area contributed by atoms with Gasteiger partial charge in [-0.05, 0) is 35.0 Å². The van der Waals surface area contributed by atoms with Crippen molar-refractivity contribution in [2.24, 2.45) is 0 Å². The molecule has 3 heterocycles. The number of nitrogens with zero attached hydrogens (tertiary/aromatic N) is 1. The number of benzene rings is 1. The number of anilines is 1. The van der Waals surface area contributed by atoms with Crippen LogP contribution in [-0.4, -0.2) is 4.98 Å². The Kier molecular flexibility index (Phi) is 2.13. The fourth-order valence-corrected chi connectivity index (χ4v) is 3.22. The first-order chi connectivity index (χ1) is 9.33. The number of hydrogen-bond acceptors (Lipinski definition) is 4. The van der Waals surface area contributed by atoms with Gasteiger partial charge in [0.15, 0.2) is 11.4 Å². The van der Waals surface area contributed by atoms with Crippen molar-refractivity contribution in [2.45, 2.75) is 0 Å². The molecule has 0 aliphatic carbocycles. The van der Waals surface area contributed by atoms with Gasteiger partial charge in [0.05, 0.1) is 0 Å². The second-order valence-corrected chi connectivity index (χ2v) is 5.29. The normalized spacial score (nSPS) is 11.4. The quantitative estimate of drug-likeness (QED) is 0.559. The predicted octanol–water partition coefficient (Wildman–Crippen LogP) is 4.29. The predicted molar refractivity (Wildman–Crippen MR) is 79.2 cm³/mol. The summed E-state index contributed by atoms with van der Waals surface area (Å²) in [4.78, 5) is 4.05.